The van der Waals surface area contributed by atoms with Crippen molar-refractivity contribution >= 4 is 24.9 Å². The van der Waals surface area contributed by atoms with Gasteiger partial charge in [-0.05, 0) is 12.5 Å². The summed E-state index contributed by atoms with van der Waals surface area (Å²) in [7, 11) is -2.25. The number of hydrogen-bond acceptors (Lipinski definition) is 7. The van der Waals surface area contributed by atoms with Gasteiger partial charge in [0.05, 0.1) is 25.2 Å². The summed E-state index contributed by atoms with van der Waals surface area (Å²) < 4.78 is 44.0. The molecule has 0 aliphatic carbocycles. The number of hydrogen-bond donors (Lipinski definition) is 1. The van der Waals surface area contributed by atoms with Gasteiger partial charge in [0, 0.05) is 7.11 Å². The van der Waals surface area contributed by atoms with Crippen LogP contribution in [0.4, 0.5) is 10.2 Å². The molecule has 2 atom stereocenters. The Morgan fingerprint density at radius 3 is 2.79 bits per heavy atom. The van der Waals surface area contributed by atoms with Crippen molar-refractivity contribution in [3.8, 4) is 0 Å². The first-order chi connectivity index (χ1) is 13.9. The number of ether oxygens (including phenoxy) is 1. The van der Waals surface area contributed by atoms with Crippen LogP contribution >= 0.6 is 7.60 Å². The van der Waals surface area contributed by atoms with E-state index in [2.05, 4.69) is 21.9 Å². The van der Waals surface area contributed by atoms with Crippen LogP contribution in [0.5, 0.6) is 0 Å². The molecule has 29 heavy (non-hydrogen) atoms. The zero-order valence-electron chi connectivity index (χ0n) is 16.4. The number of amidine groups is 1. The standard InChI is InChI=1S/C19H24FN4O4P/c1-14-18-19(23-15(2)22-14)24(12-21-18)10-17(9-20)27-13-29(25,26-3)28-11-16-7-5-4-6-8-16/h4-8,12,17H,1,9-11,13H2,2-3H3,(H,22,23). The van der Waals surface area contributed by atoms with Gasteiger partial charge < -0.3 is 23.7 Å². The molecule has 1 aromatic heterocycles. The minimum atomic E-state index is -3.53. The van der Waals surface area contributed by atoms with Gasteiger partial charge in [-0.3, -0.25) is 4.57 Å². The summed E-state index contributed by atoms with van der Waals surface area (Å²) in [5, 5.41) is 3.00. The number of nitrogens with zero attached hydrogens (tertiary/aromatic N) is 3. The Hall–Kier alpha value is -2.32. The largest absolute Gasteiger partial charge is 0.361 e. The molecule has 3 rings (SSSR count). The third kappa shape index (κ3) is 5.39. The Morgan fingerprint density at radius 2 is 2.10 bits per heavy atom. The van der Waals surface area contributed by atoms with Crippen LogP contribution in [0.3, 0.4) is 0 Å². The van der Waals surface area contributed by atoms with Crippen molar-refractivity contribution in [3.63, 3.8) is 0 Å². The maximum atomic E-state index is 13.6. The molecule has 10 heteroatoms. The maximum absolute atomic E-state index is 13.6. The summed E-state index contributed by atoms with van der Waals surface area (Å²) in [5.74, 6) is 1.24. The highest BCUT2D eigenvalue weighted by Crippen LogP contribution is 2.48. The van der Waals surface area contributed by atoms with Gasteiger partial charge in [0.25, 0.3) is 0 Å². The second-order valence-electron chi connectivity index (χ2n) is 6.49. The third-order valence-electron chi connectivity index (χ3n) is 4.29. The van der Waals surface area contributed by atoms with Crippen molar-refractivity contribution < 1.29 is 22.7 Å². The highest BCUT2D eigenvalue weighted by molar-refractivity contribution is 7.53. The fraction of sp³-hybridized carbons (Fsp3) is 0.368. The first-order valence-electron chi connectivity index (χ1n) is 9.01. The zero-order chi connectivity index (χ0) is 20.9. The van der Waals surface area contributed by atoms with Crippen molar-refractivity contribution in [3.05, 3.63) is 54.5 Å². The lowest BCUT2D eigenvalue weighted by Gasteiger charge is -2.21. The van der Waals surface area contributed by atoms with Crippen molar-refractivity contribution in [2.24, 2.45) is 4.99 Å². The van der Waals surface area contributed by atoms with Gasteiger partial charge in [-0.1, -0.05) is 36.9 Å². The SMILES string of the molecule is C=C1NC(C)=Nc2c1ncn2CC(CF)OCP(=O)(OC)OCc1ccccc1. The van der Waals surface area contributed by atoms with Gasteiger partial charge in [-0.2, -0.15) is 0 Å². The summed E-state index contributed by atoms with van der Waals surface area (Å²) in [4.78, 5) is 8.65. The van der Waals surface area contributed by atoms with Crippen LogP contribution in [0.25, 0.3) is 5.70 Å². The van der Waals surface area contributed by atoms with E-state index in [0.29, 0.717) is 23.0 Å². The summed E-state index contributed by atoms with van der Waals surface area (Å²) in [5.41, 5.74) is 2.07. The molecule has 0 fully saturated rings. The summed E-state index contributed by atoms with van der Waals surface area (Å²) in [6.07, 6.45) is 0.321. The van der Waals surface area contributed by atoms with Gasteiger partial charge in [0.15, 0.2) is 5.82 Å². The molecule has 2 heterocycles. The summed E-state index contributed by atoms with van der Waals surface area (Å²) in [6.45, 7) is 5.17. The van der Waals surface area contributed by atoms with Gasteiger partial charge in [0.1, 0.15) is 30.7 Å². The van der Waals surface area contributed by atoms with Gasteiger partial charge in [-0.25, -0.2) is 14.4 Å². The lowest BCUT2D eigenvalue weighted by atomic mass is 10.2. The fourth-order valence-corrected chi connectivity index (χ4v) is 3.78. The third-order valence-corrected chi connectivity index (χ3v) is 5.84. The number of halogens is 1. The Morgan fingerprint density at radius 1 is 1.34 bits per heavy atom. The molecule has 2 aromatic rings. The second-order valence-corrected chi connectivity index (χ2v) is 8.60. The van der Waals surface area contributed by atoms with E-state index in [4.69, 9.17) is 13.8 Å². The van der Waals surface area contributed by atoms with E-state index in [1.807, 2.05) is 30.3 Å². The maximum Gasteiger partial charge on any atom is 0.356 e. The molecule has 8 nitrogen and oxygen atoms in total. The monoisotopic (exact) mass is 422 g/mol. The molecule has 2 unspecified atom stereocenters. The fourth-order valence-electron chi connectivity index (χ4n) is 2.76. The van der Waals surface area contributed by atoms with Crippen LogP contribution in [-0.4, -0.2) is 41.6 Å². The van der Waals surface area contributed by atoms with Crippen LogP contribution in [0.2, 0.25) is 0 Å². The van der Waals surface area contributed by atoms with E-state index >= 15 is 0 Å². The molecule has 0 spiro atoms. The molecule has 1 aliphatic rings. The number of aliphatic imine (C=N–C) groups is 1. The van der Waals surface area contributed by atoms with E-state index < -0.39 is 20.4 Å². The number of fused-ring (bicyclic) bond motifs is 1. The van der Waals surface area contributed by atoms with Crippen molar-refractivity contribution in [2.45, 2.75) is 26.2 Å². The van der Waals surface area contributed by atoms with Crippen molar-refractivity contribution in [1.82, 2.24) is 14.9 Å². The van der Waals surface area contributed by atoms with Crippen LogP contribution in [0.15, 0.2) is 48.2 Å². The van der Waals surface area contributed by atoms with Gasteiger partial charge in [0.2, 0.25) is 0 Å². The number of nitrogens with one attached hydrogen (secondary N) is 1. The lowest BCUT2D eigenvalue weighted by molar-refractivity contribution is 0.0387. The number of benzene rings is 1. The topological polar surface area (TPSA) is 87.0 Å². The van der Waals surface area contributed by atoms with Crippen LogP contribution < -0.4 is 5.32 Å². The average Bonchev–Trinajstić information content (AvgIpc) is 3.13. The summed E-state index contributed by atoms with van der Waals surface area (Å²) >= 11 is 0. The Bertz CT molecular complexity index is 932. The van der Waals surface area contributed by atoms with E-state index in [0.717, 1.165) is 5.56 Å². The molecule has 0 amide bonds. The molecular formula is C19H24FN4O4P. The normalized spacial score (nSPS) is 16.5. The highest BCUT2D eigenvalue weighted by Gasteiger charge is 2.27. The van der Waals surface area contributed by atoms with Gasteiger partial charge >= 0.3 is 7.60 Å². The van der Waals surface area contributed by atoms with E-state index in [9.17, 15) is 8.96 Å². The Labute approximate surface area is 168 Å². The van der Waals surface area contributed by atoms with Crippen molar-refractivity contribution in [2.75, 3.05) is 20.1 Å². The first-order valence-corrected chi connectivity index (χ1v) is 10.7. The molecule has 0 bridgehead atoms. The molecular weight excluding hydrogens is 398 g/mol. The number of rotatable bonds is 10. The number of aromatic nitrogens is 2. The van der Waals surface area contributed by atoms with E-state index in [1.165, 1.54) is 7.11 Å². The molecule has 0 saturated carbocycles. The Balaban J connectivity index is 1.61. The molecule has 0 radical (unpaired) electrons. The van der Waals surface area contributed by atoms with Crippen LogP contribution in [0, 0.1) is 0 Å². The number of imidazole rings is 1. The Kier molecular flexibility index (Phi) is 6.97. The van der Waals surface area contributed by atoms with Crippen LogP contribution in [-0.2, 0) is 31.5 Å². The zero-order valence-corrected chi connectivity index (χ0v) is 17.3. The quantitative estimate of drug-likeness (QED) is 0.585. The second kappa shape index (κ2) is 9.45. The number of alkyl halides is 1. The van der Waals surface area contributed by atoms with E-state index in [1.54, 1.807) is 17.8 Å². The molecule has 1 aromatic carbocycles. The first kappa shape index (κ1) is 21.4. The predicted octanol–water partition coefficient (Wildman–Crippen LogP) is 3.88. The van der Waals surface area contributed by atoms with E-state index in [-0.39, 0.29) is 19.5 Å². The lowest BCUT2D eigenvalue weighted by Crippen LogP contribution is -2.25. The predicted molar refractivity (Wildman–Crippen MR) is 109 cm³/mol. The molecule has 1 aliphatic heterocycles. The van der Waals surface area contributed by atoms with Crippen LogP contribution in [0.1, 0.15) is 18.2 Å². The average molecular weight is 422 g/mol. The minimum absolute atomic E-state index is 0.105. The highest BCUT2D eigenvalue weighted by atomic mass is 31.2. The van der Waals surface area contributed by atoms with Crippen molar-refractivity contribution in [1.29, 1.82) is 0 Å². The van der Waals surface area contributed by atoms with Gasteiger partial charge in [-0.15, -0.1) is 0 Å². The molecule has 0 saturated heterocycles. The molecule has 1 N–H and O–H groups in total. The minimum Gasteiger partial charge on any atom is -0.361 e. The molecule has 156 valence electrons. The summed E-state index contributed by atoms with van der Waals surface area (Å²) in [6, 6.07) is 9.27. The smallest absolute Gasteiger partial charge is 0.356 e.